The molecular formula is C9H10NOP. The van der Waals surface area contributed by atoms with Crippen LogP contribution < -0.4 is 5.56 Å². The van der Waals surface area contributed by atoms with Crippen molar-refractivity contribution in [1.29, 1.82) is 0 Å². The summed E-state index contributed by atoms with van der Waals surface area (Å²) in [5.41, 5.74) is -0.0249. The molecule has 2 nitrogen and oxygen atoms in total. The van der Waals surface area contributed by atoms with Gasteiger partial charge in [0.05, 0.1) is 0 Å². The maximum Gasteiger partial charge on any atom is 0.255 e. The Morgan fingerprint density at radius 1 is 1.08 bits per heavy atom. The van der Waals surface area contributed by atoms with E-state index in [4.69, 9.17) is 0 Å². The number of benzene rings is 1. The summed E-state index contributed by atoms with van der Waals surface area (Å²) in [4.78, 5) is 13.7. The molecule has 0 radical (unpaired) electrons. The molecule has 0 spiro atoms. The molecule has 1 heterocycles. The molecule has 2 rings (SSSR count). The normalized spacial score (nSPS) is 9.33. The number of pyridine rings is 1. The van der Waals surface area contributed by atoms with E-state index in [2.05, 4.69) is 4.98 Å². The molecular weight excluding hydrogens is 169 g/mol. The van der Waals surface area contributed by atoms with Gasteiger partial charge in [-0.25, -0.2) is 0 Å². The van der Waals surface area contributed by atoms with Crippen LogP contribution in [-0.4, -0.2) is 4.98 Å². The quantitative estimate of drug-likeness (QED) is 0.612. The van der Waals surface area contributed by atoms with E-state index in [0.29, 0.717) is 0 Å². The van der Waals surface area contributed by atoms with E-state index >= 15 is 0 Å². The minimum Gasteiger partial charge on any atom is -0.329 e. The largest absolute Gasteiger partial charge is 0.329 e. The number of H-pyrrole nitrogens is 1. The summed E-state index contributed by atoms with van der Waals surface area (Å²) in [5.74, 6) is 0. The van der Waals surface area contributed by atoms with Gasteiger partial charge in [-0.3, -0.25) is 4.79 Å². The van der Waals surface area contributed by atoms with Crippen LogP contribution in [0, 0.1) is 0 Å². The van der Waals surface area contributed by atoms with E-state index in [1.165, 1.54) is 0 Å². The number of hydrogen-bond acceptors (Lipinski definition) is 1. The lowest BCUT2D eigenvalue weighted by atomic mass is 10.2. The fourth-order valence-corrected chi connectivity index (χ4v) is 1.13. The third-order valence-electron chi connectivity index (χ3n) is 1.68. The Balaban J connectivity index is 0.000000720. The molecule has 0 aliphatic carbocycles. The Bertz CT molecular complexity index is 430. The third kappa shape index (κ3) is 1.39. The number of aromatic amines is 1. The molecule has 0 saturated carbocycles. The van der Waals surface area contributed by atoms with Crippen LogP contribution in [0.3, 0.4) is 0 Å². The molecule has 0 aliphatic rings. The zero-order valence-corrected chi connectivity index (χ0v) is 7.99. The molecule has 62 valence electrons. The predicted octanol–water partition coefficient (Wildman–Crippen LogP) is 1.59. The van der Waals surface area contributed by atoms with Crippen LogP contribution in [0.5, 0.6) is 0 Å². The first kappa shape index (κ1) is 8.95. The fourth-order valence-electron chi connectivity index (χ4n) is 1.13. The van der Waals surface area contributed by atoms with Crippen molar-refractivity contribution < 1.29 is 0 Å². The maximum atomic E-state index is 11.1. The highest BCUT2D eigenvalue weighted by Gasteiger charge is 1.92. The number of nitrogens with one attached hydrogen (secondary N) is 1. The maximum absolute atomic E-state index is 11.1. The van der Waals surface area contributed by atoms with Crippen molar-refractivity contribution in [3.63, 3.8) is 0 Å². The number of fused-ring (bicyclic) bond motifs is 1. The SMILES string of the molecule is O=c1[nH]ccc2ccccc12.P. The lowest BCUT2D eigenvalue weighted by molar-refractivity contribution is 1.28. The second-order valence-corrected chi connectivity index (χ2v) is 2.39. The van der Waals surface area contributed by atoms with E-state index in [1.807, 2.05) is 30.3 Å². The van der Waals surface area contributed by atoms with Crippen LogP contribution in [-0.2, 0) is 0 Å². The van der Waals surface area contributed by atoms with Crippen LogP contribution >= 0.6 is 9.90 Å². The topological polar surface area (TPSA) is 32.9 Å². The summed E-state index contributed by atoms with van der Waals surface area (Å²) in [6.07, 6.45) is 1.66. The lowest BCUT2D eigenvalue weighted by Crippen LogP contribution is -2.03. The molecule has 0 saturated heterocycles. The first-order chi connectivity index (χ1) is 5.38. The van der Waals surface area contributed by atoms with Crippen molar-refractivity contribution in [2.24, 2.45) is 0 Å². The summed E-state index contributed by atoms with van der Waals surface area (Å²) in [7, 11) is 0. The Hall–Kier alpha value is -1.14. The molecule has 1 unspecified atom stereocenters. The van der Waals surface area contributed by atoms with Crippen molar-refractivity contribution in [1.82, 2.24) is 4.98 Å². The molecule has 1 aromatic carbocycles. The van der Waals surface area contributed by atoms with E-state index in [0.717, 1.165) is 10.8 Å². The molecule has 1 atom stereocenters. The van der Waals surface area contributed by atoms with Gasteiger partial charge in [-0.2, -0.15) is 9.90 Å². The molecule has 1 N–H and O–H groups in total. The zero-order valence-electron chi connectivity index (χ0n) is 6.58. The van der Waals surface area contributed by atoms with Gasteiger partial charge in [-0.1, -0.05) is 18.2 Å². The standard InChI is InChI=1S/C9H7NO.H3P/c11-9-8-4-2-1-3-7(8)5-6-10-9;/h1-6H,(H,10,11);1H3. The second-order valence-electron chi connectivity index (χ2n) is 2.39. The second kappa shape index (κ2) is 3.51. The summed E-state index contributed by atoms with van der Waals surface area (Å²) < 4.78 is 0. The van der Waals surface area contributed by atoms with Gasteiger partial charge in [0, 0.05) is 11.6 Å². The number of rotatable bonds is 0. The summed E-state index contributed by atoms with van der Waals surface area (Å²) in [6.45, 7) is 0. The molecule has 0 bridgehead atoms. The highest BCUT2D eigenvalue weighted by molar-refractivity contribution is 6.92. The van der Waals surface area contributed by atoms with E-state index in [1.54, 1.807) is 6.20 Å². The van der Waals surface area contributed by atoms with Gasteiger partial charge >= 0.3 is 0 Å². The van der Waals surface area contributed by atoms with Gasteiger partial charge in [0.2, 0.25) is 0 Å². The smallest absolute Gasteiger partial charge is 0.255 e. The molecule has 0 aliphatic heterocycles. The third-order valence-corrected chi connectivity index (χ3v) is 1.68. The molecule has 1 aromatic heterocycles. The molecule has 0 amide bonds. The first-order valence-corrected chi connectivity index (χ1v) is 3.44. The van der Waals surface area contributed by atoms with E-state index in [9.17, 15) is 4.79 Å². The van der Waals surface area contributed by atoms with Gasteiger partial charge in [-0.05, 0) is 17.5 Å². The van der Waals surface area contributed by atoms with Crippen molar-refractivity contribution >= 4 is 20.7 Å². The Kier molecular flexibility index (Phi) is 2.61. The Morgan fingerprint density at radius 3 is 2.58 bits per heavy atom. The average Bonchev–Trinajstić information content (AvgIpc) is 2.06. The Labute approximate surface area is 73.2 Å². The van der Waals surface area contributed by atoms with E-state index in [-0.39, 0.29) is 15.5 Å². The number of aromatic nitrogens is 1. The van der Waals surface area contributed by atoms with Crippen molar-refractivity contribution in [3.8, 4) is 0 Å². The number of hydrogen-bond donors (Lipinski definition) is 1. The monoisotopic (exact) mass is 179 g/mol. The molecule has 3 heteroatoms. The molecule has 12 heavy (non-hydrogen) atoms. The zero-order chi connectivity index (χ0) is 7.68. The van der Waals surface area contributed by atoms with Crippen molar-refractivity contribution in [2.75, 3.05) is 0 Å². The van der Waals surface area contributed by atoms with Crippen LogP contribution in [0.15, 0.2) is 41.3 Å². The van der Waals surface area contributed by atoms with Crippen LogP contribution in [0.2, 0.25) is 0 Å². The average molecular weight is 179 g/mol. The van der Waals surface area contributed by atoms with Gasteiger partial charge in [0.1, 0.15) is 0 Å². The van der Waals surface area contributed by atoms with Gasteiger partial charge in [0.15, 0.2) is 0 Å². The predicted molar refractivity (Wildman–Crippen MR) is 55.7 cm³/mol. The van der Waals surface area contributed by atoms with Crippen LogP contribution in [0.1, 0.15) is 0 Å². The first-order valence-electron chi connectivity index (χ1n) is 3.44. The minimum atomic E-state index is -0.0249. The van der Waals surface area contributed by atoms with Crippen LogP contribution in [0.4, 0.5) is 0 Å². The summed E-state index contributed by atoms with van der Waals surface area (Å²) in [5, 5.41) is 1.73. The molecule has 2 aromatic rings. The minimum absolute atomic E-state index is 0. The van der Waals surface area contributed by atoms with E-state index < -0.39 is 0 Å². The van der Waals surface area contributed by atoms with Gasteiger partial charge in [0.25, 0.3) is 5.56 Å². The van der Waals surface area contributed by atoms with Gasteiger partial charge in [-0.15, -0.1) is 0 Å². The van der Waals surface area contributed by atoms with Gasteiger partial charge < -0.3 is 4.98 Å². The van der Waals surface area contributed by atoms with Crippen molar-refractivity contribution in [2.45, 2.75) is 0 Å². The van der Waals surface area contributed by atoms with Crippen LogP contribution in [0.25, 0.3) is 10.8 Å². The highest BCUT2D eigenvalue weighted by Crippen LogP contribution is 2.05. The van der Waals surface area contributed by atoms with Crippen molar-refractivity contribution in [3.05, 3.63) is 46.9 Å². The molecule has 0 fully saturated rings. The Morgan fingerprint density at radius 2 is 1.83 bits per heavy atom. The summed E-state index contributed by atoms with van der Waals surface area (Å²) >= 11 is 0. The summed E-state index contributed by atoms with van der Waals surface area (Å²) in [6, 6.07) is 9.40. The highest BCUT2D eigenvalue weighted by atomic mass is 31.0. The lowest BCUT2D eigenvalue weighted by Gasteiger charge is -1.92. The fraction of sp³-hybridized carbons (Fsp3) is 0.